The van der Waals surface area contributed by atoms with Crippen LogP contribution in [0.4, 0.5) is 0 Å². The van der Waals surface area contributed by atoms with E-state index in [-0.39, 0.29) is 0 Å². The highest BCUT2D eigenvalue weighted by Gasteiger charge is 2.47. The molecule has 0 fully saturated rings. The van der Waals surface area contributed by atoms with E-state index in [9.17, 15) is 0 Å². The minimum absolute atomic E-state index is 0.608. The number of hydrogen-bond acceptors (Lipinski definition) is 4. The first-order chi connectivity index (χ1) is 27.8. The van der Waals surface area contributed by atoms with Gasteiger partial charge in [-0.25, -0.2) is 15.0 Å². The lowest BCUT2D eigenvalue weighted by Gasteiger charge is -2.35. The number of benzene rings is 6. The molecule has 4 nitrogen and oxygen atoms in total. The average Bonchev–Trinajstić information content (AvgIpc) is 3.38. The molecule has 0 atom stereocenters. The number of hydrogen-bond donors (Lipinski definition) is 0. The molecule has 2 heterocycles. The Morgan fingerprint density at radius 1 is 0.464 bits per heavy atom. The van der Waals surface area contributed by atoms with Crippen LogP contribution in [-0.2, 0) is 5.41 Å². The normalized spacial score (nSPS) is 13.6. The standard InChI is InChI=1S/C52H34N4/c1-3-16-36(17-4-1)37-29-31-39(32-30-37)50-54-49(38-18-5-2-6-19-38)55-51(56-50)41-21-15-23-43(35-41)52(42-22-8-7-20-40(34-42)48-28-13-14-33-53-48)46-26-11-9-24-44(46)45-25-10-12-27-47(45)52/h1-6,9-19,21-35H,20H2. The molecule has 262 valence electrons. The third kappa shape index (κ3) is 5.75. The van der Waals surface area contributed by atoms with Gasteiger partial charge in [-0.1, -0.05) is 176 Å². The monoisotopic (exact) mass is 714 g/mol. The topological polar surface area (TPSA) is 51.6 Å². The molecular weight excluding hydrogens is 681 g/mol. The van der Waals surface area contributed by atoms with Gasteiger partial charge in [0.05, 0.1) is 11.1 Å². The molecule has 2 aliphatic carbocycles. The molecule has 0 aliphatic heterocycles. The molecule has 6 aromatic carbocycles. The Hall–Kier alpha value is -7.48. The van der Waals surface area contributed by atoms with Crippen LogP contribution in [-0.4, -0.2) is 19.9 Å². The van der Waals surface area contributed by atoms with Gasteiger partial charge in [0.15, 0.2) is 17.5 Å². The zero-order valence-electron chi connectivity index (χ0n) is 30.5. The molecular formula is C52H34N4. The second-order valence-corrected chi connectivity index (χ2v) is 14.0. The maximum Gasteiger partial charge on any atom is 0.164 e. The summed E-state index contributed by atoms with van der Waals surface area (Å²) in [7, 11) is 0. The van der Waals surface area contributed by atoms with Crippen LogP contribution in [0.5, 0.6) is 0 Å². The molecule has 2 aromatic heterocycles. The molecule has 2 aliphatic rings. The van der Waals surface area contributed by atoms with Gasteiger partial charge in [0, 0.05) is 29.3 Å². The van der Waals surface area contributed by atoms with Gasteiger partial charge in [0.2, 0.25) is 0 Å². The predicted molar refractivity (Wildman–Crippen MR) is 226 cm³/mol. The molecule has 8 aromatic rings. The van der Waals surface area contributed by atoms with Crippen molar-refractivity contribution in [3.63, 3.8) is 0 Å². The lowest BCUT2D eigenvalue weighted by Crippen LogP contribution is -2.29. The van der Waals surface area contributed by atoms with Gasteiger partial charge in [0.1, 0.15) is 0 Å². The van der Waals surface area contributed by atoms with Crippen molar-refractivity contribution in [1.29, 1.82) is 0 Å². The number of pyridine rings is 1. The van der Waals surface area contributed by atoms with Gasteiger partial charge in [-0.2, -0.15) is 0 Å². The summed E-state index contributed by atoms with van der Waals surface area (Å²) in [6.45, 7) is 0. The van der Waals surface area contributed by atoms with Crippen molar-refractivity contribution in [3.8, 4) is 68.3 Å². The van der Waals surface area contributed by atoms with Crippen LogP contribution in [0.25, 0.3) is 62.0 Å². The Bertz CT molecular complexity index is 2820. The first-order valence-electron chi connectivity index (χ1n) is 18.8. The highest BCUT2D eigenvalue weighted by atomic mass is 15.0. The highest BCUT2D eigenvalue weighted by Crippen LogP contribution is 2.57. The molecule has 0 radical (unpaired) electrons. The second-order valence-electron chi connectivity index (χ2n) is 14.0. The van der Waals surface area contributed by atoms with Gasteiger partial charge in [0.25, 0.3) is 0 Å². The van der Waals surface area contributed by atoms with Crippen LogP contribution in [0, 0.1) is 11.8 Å². The fraction of sp³-hybridized carbons (Fsp3) is 0.0385. The largest absolute Gasteiger partial charge is 0.257 e. The van der Waals surface area contributed by atoms with Crippen molar-refractivity contribution in [1.82, 2.24) is 19.9 Å². The third-order valence-corrected chi connectivity index (χ3v) is 10.8. The maximum absolute atomic E-state index is 5.18. The summed E-state index contributed by atoms with van der Waals surface area (Å²) >= 11 is 0. The minimum Gasteiger partial charge on any atom is -0.257 e. The van der Waals surface area contributed by atoms with E-state index in [0.717, 1.165) is 50.2 Å². The molecule has 0 bridgehead atoms. The van der Waals surface area contributed by atoms with Crippen molar-refractivity contribution in [2.24, 2.45) is 0 Å². The van der Waals surface area contributed by atoms with Crippen molar-refractivity contribution in [3.05, 3.63) is 222 Å². The number of fused-ring (bicyclic) bond motifs is 3. The smallest absolute Gasteiger partial charge is 0.164 e. The first-order valence-corrected chi connectivity index (χ1v) is 18.8. The molecule has 0 saturated heterocycles. The van der Waals surface area contributed by atoms with Crippen molar-refractivity contribution >= 4 is 5.57 Å². The van der Waals surface area contributed by atoms with E-state index < -0.39 is 5.41 Å². The molecule has 0 amide bonds. The van der Waals surface area contributed by atoms with Gasteiger partial charge < -0.3 is 0 Å². The summed E-state index contributed by atoms with van der Waals surface area (Å²) in [6.07, 6.45) is 6.87. The Morgan fingerprint density at radius 2 is 1.00 bits per heavy atom. The van der Waals surface area contributed by atoms with Crippen LogP contribution in [0.15, 0.2) is 200 Å². The summed E-state index contributed by atoms with van der Waals surface area (Å²) in [6, 6.07) is 61.3. The summed E-state index contributed by atoms with van der Waals surface area (Å²) < 4.78 is 0. The Kier molecular flexibility index (Phi) is 8.32. The zero-order chi connectivity index (χ0) is 37.3. The van der Waals surface area contributed by atoms with Gasteiger partial charge in [-0.3, -0.25) is 4.98 Å². The molecule has 0 N–H and O–H groups in total. The van der Waals surface area contributed by atoms with E-state index in [2.05, 4.69) is 151 Å². The van der Waals surface area contributed by atoms with E-state index in [1.807, 2.05) is 54.7 Å². The lowest BCUT2D eigenvalue weighted by atomic mass is 9.66. The summed E-state index contributed by atoms with van der Waals surface area (Å²) in [4.78, 5) is 20.1. The van der Waals surface area contributed by atoms with Crippen LogP contribution < -0.4 is 0 Å². The van der Waals surface area contributed by atoms with E-state index in [0.29, 0.717) is 23.9 Å². The minimum atomic E-state index is -0.673. The fourth-order valence-corrected chi connectivity index (χ4v) is 8.20. The number of aromatic nitrogens is 4. The molecule has 56 heavy (non-hydrogen) atoms. The van der Waals surface area contributed by atoms with Gasteiger partial charge in [-0.15, -0.1) is 0 Å². The van der Waals surface area contributed by atoms with E-state index in [1.165, 1.54) is 22.3 Å². The Morgan fingerprint density at radius 3 is 1.66 bits per heavy atom. The van der Waals surface area contributed by atoms with Crippen LogP contribution >= 0.6 is 0 Å². The molecule has 0 saturated carbocycles. The Balaban J connectivity index is 1.17. The highest BCUT2D eigenvalue weighted by molar-refractivity contribution is 5.88. The van der Waals surface area contributed by atoms with Crippen LogP contribution in [0.1, 0.15) is 28.8 Å². The van der Waals surface area contributed by atoms with E-state index in [4.69, 9.17) is 19.9 Å². The summed E-state index contributed by atoms with van der Waals surface area (Å²) in [5.74, 6) is 8.67. The fourth-order valence-electron chi connectivity index (χ4n) is 8.20. The average molecular weight is 715 g/mol. The third-order valence-electron chi connectivity index (χ3n) is 10.8. The van der Waals surface area contributed by atoms with E-state index in [1.54, 1.807) is 0 Å². The molecule has 10 rings (SSSR count). The van der Waals surface area contributed by atoms with Crippen LogP contribution in [0.3, 0.4) is 0 Å². The molecule has 0 spiro atoms. The van der Waals surface area contributed by atoms with Gasteiger partial charge in [-0.05, 0) is 74.4 Å². The second kappa shape index (κ2) is 14.1. The quantitative estimate of drug-likeness (QED) is 0.154. The van der Waals surface area contributed by atoms with Crippen LogP contribution in [0.2, 0.25) is 0 Å². The van der Waals surface area contributed by atoms with Crippen molar-refractivity contribution in [2.75, 3.05) is 0 Å². The van der Waals surface area contributed by atoms with Crippen molar-refractivity contribution < 1.29 is 0 Å². The zero-order valence-corrected chi connectivity index (χ0v) is 30.5. The van der Waals surface area contributed by atoms with E-state index >= 15 is 0 Å². The lowest BCUT2D eigenvalue weighted by molar-refractivity contribution is 0.768. The number of nitrogens with zero attached hydrogens (tertiary/aromatic N) is 4. The summed E-state index contributed by atoms with van der Waals surface area (Å²) in [5.41, 5.74) is 13.5. The van der Waals surface area contributed by atoms with Crippen molar-refractivity contribution in [2.45, 2.75) is 11.8 Å². The predicted octanol–water partition coefficient (Wildman–Crippen LogP) is 11.7. The summed E-state index contributed by atoms with van der Waals surface area (Å²) in [5, 5.41) is 0. The first kappa shape index (κ1) is 33.1. The molecule has 4 heteroatoms. The maximum atomic E-state index is 5.18. The molecule has 0 unspecified atom stereocenters. The SMILES string of the molecule is C1#CCC(c2ccccn2)=CC(C2(c3cccc(-c4nc(-c5ccccc5)nc(-c5ccc(-c6ccccc6)cc5)n4)c3)c3ccccc3-c3ccccc32)=C1. The number of rotatable bonds is 7. The Labute approximate surface area is 326 Å². The van der Waals surface area contributed by atoms with Gasteiger partial charge >= 0.3 is 0 Å². The number of allylic oxidation sites excluding steroid dienone is 4.